The third-order valence-corrected chi connectivity index (χ3v) is 3.58. The van der Waals surface area contributed by atoms with E-state index in [0.29, 0.717) is 13.0 Å². The lowest BCUT2D eigenvalue weighted by atomic mass is 10.1. The van der Waals surface area contributed by atoms with Gasteiger partial charge < -0.3 is 10.0 Å². The second-order valence-corrected chi connectivity index (χ2v) is 5.23. The third kappa shape index (κ3) is 4.41. The van der Waals surface area contributed by atoms with Crippen molar-refractivity contribution in [3.63, 3.8) is 0 Å². The highest BCUT2D eigenvalue weighted by Crippen LogP contribution is 2.24. The fourth-order valence-corrected chi connectivity index (χ4v) is 2.63. The number of aliphatic hydroxyl groups is 1. The van der Waals surface area contributed by atoms with Crippen molar-refractivity contribution >= 4 is 5.91 Å². The van der Waals surface area contributed by atoms with Crippen molar-refractivity contribution in [2.45, 2.75) is 25.2 Å². The molecule has 0 aromatic carbocycles. The molecule has 1 N–H and O–H groups in total. The van der Waals surface area contributed by atoms with Gasteiger partial charge in [-0.05, 0) is 18.1 Å². The Labute approximate surface area is 126 Å². The molecule has 1 unspecified atom stereocenters. The molecule has 2 rings (SSSR count). The highest BCUT2D eigenvalue weighted by Gasteiger charge is 2.41. The summed E-state index contributed by atoms with van der Waals surface area (Å²) < 4.78 is 37.3. The first-order valence-electron chi connectivity index (χ1n) is 7.00. The maximum atomic E-state index is 12.4. The molecule has 5 nitrogen and oxygen atoms in total. The summed E-state index contributed by atoms with van der Waals surface area (Å²) in [6, 6.07) is 2.94. The third-order valence-electron chi connectivity index (χ3n) is 3.58. The van der Waals surface area contributed by atoms with Gasteiger partial charge in [-0.25, -0.2) is 0 Å². The molecule has 1 aliphatic rings. The summed E-state index contributed by atoms with van der Waals surface area (Å²) >= 11 is 0. The van der Waals surface area contributed by atoms with E-state index in [1.165, 1.54) is 0 Å². The van der Waals surface area contributed by atoms with Crippen molar-refractivity contribution in [1.29, 1.82) is 0 Å². The number of likely N-dealkylation sites (tertiary alicyclic amines) is 1. The van der Waals surface area contributed by atoms with E-state index < -0.39 is 24.7 Å². The van der Waals surface area contributed by atoms with Crippen LogP contribution in [-0.2, 0) is 11.3 Å². The minimum absolute atomic E-state index is 0.0813. The number of alkyl halides is 3. The largest absolute Gasteiger partial charge is 0.406 e. The Balaban J connectivity index is 2.04. The molecule has 22 heavy (non-hydrogen) atoms. The average molecular weight is 317 g/mol. The van der Waals surface area contributed by atoms with E-state index >= 15 is 0 Å². The first kappa shape index (κ1) is 16.7. The zero-order valence-corrected chi connectivity index (χ0v) is 12.0. The topological polar surface area (TPSA) is 56.7 Å². The first-order chi connectivity index (χ1) is 10.4. The van der Waals surface area contributed by atoms with E-state index in [4.69, 9.17) is 5.11 Å². The lowest BCUT2D eigenvalue weighted by Crippen LogP contribution is -2.44. The number of hydrogen-bond donors (Lipinski definition) is 1. The van der Waals surface area contributed by atoms with Gasteiger partial charge in [-0.2, -0.15) is 13.2 Å². The van der Waals surface area contributed by atoms with Crippen molar-refractivity contribution in [2.24, 2.45) is 0 Å². The molecule has 0 aliphatic carbocycles. The summed E-state index contributed by atoms with van der Waals surface area (Å²) in [4.78, 5) is 18.7. The number of amides is 1. The number of carbonyl (C=O) groups is 1. The fraction of sp³-hybridized carbons (Fsp3) is 0.571. The Morgan fingerprint density at radius 2 is 2.23 bits per heavy atom. The van der Waals surface area contributed by atoms with Gasteiger partial charge in [0.15, 0.2) is 0 Å². The molecule has 1 saturated heterocycles. The van der Waals surface area contributed by atoms with Crippen molar-refractivity contribution in [3.05, 3.63) is 30.1 Å². The number of carbonyl (C=O) groups excluding carboxylic acids is 1. The van der Waals surface area contributed by atoms with Gasteiger partial charge in [0.2, 0.25) is 5.91 Å². The van der Waals surface area contributed by atoms with Crippen LogP contribution in [0.25, 0.3) is 0 Å². The number of halogens is 3. The molecule has 0 spiro atoms. The normalized spacial score (nSPS) is 19.2. The minimum atomic E-state index is -4.39. The van der Waals surface area contributed by atoms with E-state index in [1.54, 1.807) is 23.4 Å². The number of aromatic nitrogens is 1. The molecule has 1 aliphatic heterocycles. The molecular weight excluding hydrogens is 299 g/mol. The molecule has 1 aromatic rings. The van der Waals surface area contributed by atoms with Gasteiger partial charge in [0.1, 0.15) is 6.54 Å². The maximum absolute atomic E-state index is 12.4. The first-order valence-corrected chi connectivity index (χ1v) is 7.00. The lowest BCUT2D eigenvalue weighted by Gasteiger charge is -2.27. The number of nitrogens with zero attached hydrogens (tertiary/aromatic N) is 3. The standard InChI is InChI=1S/C14H18F3N3O2/c15-14(16,17)10-20-5-3-12(13(20)22)19(6-7-21)9-11-2-1-4-18-8-11/h1-2,4,8,12,21H,3,5-7,9-10H2. The van der Waals surface area contributed by atoms with Crippen LogP contribution in [0.2, 0.25) is 0 Å². The number of pyridine rings is 1. The van der Waals surface area contributed by atoms with E-state index in [-0.39, 0.29) is 19.7 Å². The summed E-state index contributed by atoms with van der Waals surface area (Å²) in [6.07, 6.45) is -0.812. The monoisotopic (exact) mass is 317 g/mol. The quantitative estimate of drug-likeness (QED) is 0.852. The van der Waals surface area contributed by atoms with Crippen molar-refractivity contribution in [3.8, 4) is 0 Å². The van der Waals surface area contributed by atoms with Crippen LogP contribution in [-0.4, -0.2) is 64.3 Å². The van der Waals surface area contributed by atoms with Crippen LogP contribution < -0.4 is 0 Å². The van der Waals surface area contributed by atoms with Gasteiger partial charge >= 0.3 is 6.18 Å². The highest BCUT2D eigenvalue weighted by molar-refractivity contribution is 5.84. The molecule has 0 radical (unpaired) electrons. The van der Waals surface area contributed by atoms with Gasteiger partial charge in [0, 0.05) is 32.0 Å². The van der Waals surface area contributed by atoms with Crippen LogP contribution in [0.5, 0.6) is 0 Å². The summed E-state index contributed by atoms with van der Waals surface area (Å²) in [6.45, 7) is -0.709. The van der Waals surface area contributed by atoms with Crippen LogP contribution in [0.15, 0.2) is 24.5 Å². The van der Waals surface area contributed by atoms with Crippen LogP contribution >= 0.6 is 0 Å². The molecule has 1 fully saturated rings. The Morgan fingerprint density at radius 1 is 1.45 bits per heavy atom. The van der Waals surface area contributed by atoms with Gasteiger partial charge in [-0.1, -0.05) is 6.07 Å². The zero-order chi connectivity index (χ0) is 16.2. The number of hydrogen-bond acceptors (Lipinski definition) is 4. The zero-order valence-electron chi connectivity index (χ0n) is 12.0. The van der Waals surface area contributed by atoms with Crippen LogP contribution in [0, 0.1) is 0 Å². The molecule has 1 amide bonds. The van der Waals surface area contributed by atoms with Gasteiger partial charge in [0.25, 0.3) is 0 Å². The highest BCUT2D eigenvalue weighted by atomic mass is 19.4. The van der Waals surface area contributed by atoms with Crippen molar-refractivity contribution in [1.82, 2.24) is 14.8 Å². The van der Waals surface area contributed by atoms with Crippen molar-refractivity contribution < 1.29 is 23.1 Å². The molecule has 0 bridgehead atoms. The molecule has 1 atom stereocenters. The summed E-state index contributed by atoms with van der Waals surface area (Å²) in [5, 5.41) is 9.15. The molecule has 2 heterocycles. The van der Waals surface area contributed by atoms with E-state index in [0.717, 1.165) is 10.5 Å². The second kappa shape index (κ2) is 7.06. The van der Waals surface area contributed by atoms with Gasteiger partial charge in [-0.3, -0.25) is 14.7 Å². The fourth-order valence-electron chi connectivity index (χ4n) is 2.63. The Morgan fingerprint density at radius 3 is 2.82 bits per heavy atom. The molecule has 0 saturated carbocycles. The maximum Gasteiger partial charge on any atom is 0.406 e. The smallest absolute Gasteiger partial charge is 0.395 e. The van der Waals surface area contributed by atoms with Crippen molar-refractivity contribution in [2.75, 3.05) is 26.2 Å². The van der Waals surface area contributed by atoms with Gasteiger partial charge in [-0.15, -0.1) is 0 Å². The second-order valence-electron chi connectivity index (χ2n) is 5.23. The lowest BCUT2D eigenvalue weighted by molar-refractivity contribution is -0.159. The minimum Gasteiger partial charge on any atom is -0.395 e. The molecule has 8 heteroatoms. The number of rotatable bonds is 6. The molecule has 122 valence electrons. The summed E-state index contributed by atoms with van der Waals surface area (Å²) in [5.74, 6) is -0.533. The number of aliphatic hydroxyl groups excluding tert-OH is 1. The summed E-state index contributed by atoms with van der Waals surface area (Å²) in [5.41, 5.74) is 0.845. The predicted molar refractivity (Wildman–Crippen MR) is 72.8 cm³/mol. The van der Waals surface area contributed by atoms with Crippen LogP contribution in [0.4, 0.5) is 13.2 Å². The molecule has 1 aromatic heterocycles. The Bertz CT molecular complexity index is 496. The Kier molecular flexibility index (Phi) is 5.36. The van der Waals surface area contributed by atoms with E-state index in [2.05, 4.69) is 4.98 Å². The average Bonchev–Trinajstić information content (AvgIpc) is 2.79. The predicted octanol–water partition coefficient (Wildman–Crippen LogP) is 1.04. The van der Waals surface area contributed by atoms with Gasteiger partial charge in [0.05, 0.1) is 12.6 Å². The van der Waals surface area contributed by atoms with Crippen LogP contribution in [0.3, 0.4) is 0 Å². The summed E-state index contributed by atoms with van der Waals surface area (Å²) in [7, 11) is 0. The van der Waals surface area contributed by atoms with E-state index in [9.17, 15) is 18.0 Å². The van der Waals surface area contributed by atoms with E-state index in [1.807, 2.05) is 6.07 Å². The SMILES string of the molecule is O=C1C(N(CCO)Cc2cccnc2)CCN1CC(F)(F)F. The molecular formula is C14H18F3N3O2. The Hall–Kier alpha value is -1.67. The van der Waals surface area contributed by atoms with Crippen LogP contribution in [0.1, 0.15) is 12.0 Å².